The van der Waals surface area contributed by atoms with Crippen molar-refractivity contribution in [1.82, 2.24) is 9.80 Å². The van der Waals surface area contributed by atoms with E-state index in [1.807, 2.05) is 23.1 Å². The van der Waals surface area contributed by atoms with Crippen LogP contribution >= 0.6 is 0 Å². The van der Waals surface area contributed by atoms with E-state index >= 15 is 0 Å². The maximum atomic E-state index is 12.6. The third kappa shape index (κ3) is 4.19. The summed E-state index contributed by atoms with van der Waals surface area (Å²) in [6.45, 7) is 3.16. The van der Waals surface area contributed by atoms with Gasteiger partial charge < -0.3 is 9.80 Å². The van der Waals surface area contributed by atoms with Crippen molar-refractivity contribution in [3.8, 4) is 0 Å². The number of hydrogen-bond donors (Lipinski definition) is 0. The Hall–Kier alpha value is -3.22. The third-order valence-corrected chi connectivity index (χ3v) is 5.14. The molecule has 1 aliphatic heterocycles. The Morgan fingerprint density at radius 2 is 1.89 bits per heavy atom. The van der Waals surface area contributed by atoms with Crippen molar-refractivity contribution in [1.29, 1.82) is 0 Å². The number of nitro groups is 1. The Bertz CT molecular complexity index is 926. The number of nitrogens with zero attached hydrogens (tertiary/aromatic N) is 3. The van der Waals surface area contributed by atoms with Gasteiger partial charge in [0.05, 0.1) is 4.92 Å². The molecule has 0 saturated heterocycles. The monoisotopic (exact) mass is 381 g/mol. The van der Waals surface area contributed by atoms with Crippen molar-refractivity contribution in [3.05, 3.63) is 74.8 Å². The van der Waals surface area contributed by atoms with Crippen LogP contribution in [0.2, 0.25) is 0 Å². The highest BCUT2D eigenvalue weighted by molar-refractivity contribution is 5.95. The van der Waals surface area contributed by atoms with Gasteiger partial charge in [-0.2, -0.15) is 0 Å². The van der Waals surface area contributed by atoms with E-state index in [-0.39, 0.29) is 36.0 Å². The largest absolute Gasteiger partial charge is 0.341 e. The number of nitro benzene ring substituents is 1. The number of carbonyl (C=O) groups is 2. The summed E-state index contributed by atoms with van der Waals surface area (Å²) in [7, 11) is 1.60. The second kappa shape index (κ2) is 8.21. The summed E-state index contributed by atoms with van der Waals surface area (Å²) in [5.41, 5.74) is 3.12. The Morgan fingerprint density at radius 3 is 2.61 bits per heavy atom. The standard InChI is InChI=1S/C21H23N3O4/c1-15-7-8-17(13-19(15)24(27)28)21(26)22(2)11-10-20(25)23-12-9-16-5-3-4-6-18(16)14-23/h3-8,13H,9-12,14H2,1-2H3. The molecule has 0 saturated carbocycles. The van der Waals surface area contributed by atoms with E-state index in [1.165, 1.54) is 22.1 Å². The summed E-state index contributed by atoms with van der Waals surface area (Å²) >= 11 is 0. The number of fused-ring (bicyclic) bond motifs is 1. The molecule has 0 N–H and O–H groups in total. The highest BCUT2D eigenvalue weighted by Gasteiger charge is 2.22. The minimum Gasteiger partial charge on any atom is -0.341 e. The molecular weight excluding hydrogens is 358 g/mol. The van der Waals surface area contributed by atoms with Gasteiger partial charge in [0.25, 0.3) is 11.6 Å². The van der Waals surface area contributed by atoms with Crippen LogP contribution in [-0.4, -0.2) is 46.7 Å². The first-order chi connectivity index (χ1) is 13.4. The summed E-state index contributed by atoms with van der Waals surface area (Å²) in [6.07, 6.45) is 1.06. The molecule has 0 fully saturated rings. The van der Waals surface area contributed by atoms with Crippen LogP contribution in [-0.2, 0) is 17.8 Å². The van der Waals surface area contributed by atoms with Crippen LogP contribution in [0.5, 0.6) is 0 Å². The van der Waals surface area contributed by atoms with E-state index in [4.69, 9.17) is 0 Å². The minimum absolute atomic E-state index is 0.00374. The van der Waals surface area contributed by atoms with E-state index in [0.717, 1.165) is 6.42 Å². The molecule has 1 heterocycles. The predicted octanol–water partition coefficient (Wildman–Crippen LogP) is 2.95. The third-order valence-electron chi connectivity index (χ3n) is 5.14. The Kier molecular flexibility index (Phi) is 5.73. The fourth-order valence-corrected chi connectivity index (χ4v) is 3.39. The Balaban J connectivity index is 1.59. The molecule has 2 amide bonds. The Morgan fingerprint density at radius 1 is 1.18 bits per heavy atom. The van der Waals surface area contributed by atoms with Gasteiger partial charge in [0.2, 0.25) is 5.91 Å². The fraction of sp³-hybridized carbons (Fsp3) is 0.333. The number of hydrogen-bond acceptors (Lipinski definition) is 4. The molecule has 0 spiro atoms. The number of aryl methyl sites for hydroxylation is 1. The van der Waals surface area contributed by atoms with Gasteiger partial charge in [-0.15, -0.1) is 0 Å². The first kappa shape index (κ1) is 19.5. The van der Waals surface area contributed by atoms with Gasteiger partial charge in [0.1, 0.15) is 0 Å². The van der Waals surface area contributed by atoms with Crippen molar-refractivity contribution in [2.24, 2.45) is 0 Å². The number of amides is 2. The van der Waals surface area contributed by atoms with Crippen molar-refractivity contribution in [2.75, 3.05) is 20.1 Å². The molecule has 0 atom stereocenters. The second-order valence-electron chi connectivity index (χ2n) is 7.07. The van der Waals surface area contributed by atoms with Gasteiger partial charge in [0, 0.05) is 50.3 Å². The lowest BCUT2D eigenvalue weighted by Gasteiger charge is -2.29. The van der Waals surface area contributed by atoms with Crippen LogP contribution < -0.4 is 0 Å². The maximum absolute atomic E-state index is 12.6. The van der Waals surface area contributed by atoms with Crippen molar-refractivity contribution >= 4 is 17.5 Å². The quantitative estimate of drug-likeness (QED) is 0.589. The average molecular weight is 381 g/mol. The van der Waals surface area contributed by atoms with Crippen molar-refractivity contribution in [2.45, 2.75) is 26.3 Å². The lowest BCUT2D eigenvalue weighted by atomic mass is 10.00. The van der Waals surface area contributed by atoms with Crippen molar-refractivity contribution in [3.63, 3.8) is 0 Å². The molecule has 28 heavy (non-hydrogen) atoms. The number of benzene rings is 2. The lowest BCUT2D eigenvalue weighted by Crippen LogP contribution is -2.38. The minimum atomic E-state index is -0.496. The van der Waals surface area contributed by atoms with Crippen LogP contribution in [0.1, 0.15) is 33.5 Å². The smallest absolute Gasteiger partial charge is 0.273 e. The van der Waals surface area contributed by atoms with Gasteiger partial charge in [0.15, 0.2) is 0 Å². The normalized spacial score (nSPS) is 13.0. The van der Waals surface area contributed by atoms with Crippen LogP contribution in [0.3, 0.4) is 0 Å². The zero-order valence-corrected chi connectivity index (χ0v) is 16.1. The van der Waals surface area contributed by atoms with Gasteiger partial charge >= 0.3 is 0 Å². The van der Waals surface area contributed by atoms with E-state index in [2.05, 4.69) is 6.07 Å². The van der Waals surface area contributed by atoms with Crippen LogP contribution in [0, 0.1) is 17.0 Å². The number of carbonyl (C=O) groups excluding carboxylic acids is 2. The topological polar surface area (TPSA) is 83.8 Å². The molecule has 7 heteroatoms. The summed E-state index contributed by atoms with van der Waals surface area (Å²) in [5.74, 6) is -0.330. The molecule has 2 aromatic carbocycles. The first-order valence-corrected chi connectivity index (χ1v) is 9.22. The van der Waals surface area contributed by atoms with Crippen LogP contribution in [0.4, 0.5) is 5.69 Å². The molecule has 0 radical (unpaired) electrons. The molecule has 0 aromatic heterocycles. The second-order valence-corrected chi connectivity index (χ2v) is 7.07. The van der Waals surface area contributed by atoms with E-state index in [1.54, 1.807) is 26.1 Å². The van der Waals surface area contributed by atoms with E-state index in [0.29, 0.717) is 18.7 Å². The van der Waals surface area contributed by atoms with Gasteiger partial charge in [-0.3, -0.25) is 19.7 Å². The SMILES string of the molecule is Cc1ccc(C(=O)N(C)CCC(=O)N2CCc3ccccc3C2)cc1[N+](=O)[O-]. The molecule has 1 aliphatic rings. The molecule has 7 nitrogen and oxygen atoms in total. The summed E-state index contributed by atoms with van der Waals surface area (Å²) < 4.78 is 0. The average Bonchev–Trinajstić information content (AvgIpc) is 2.70. The zero-order valence-electron chi connectivity index (χ0n) is 16.1. The first-order valence-electron chi connectivity index (χ1n) is 9.22. The van der Waals surface area contributed by atoms with Gasteiger partial charge in [-0.1, -0.05) is 30.3 Å². The highest BCUT2D eigenvalue weighted by atomic mass is 16.6. The van der Waals surface area contributed by atoms with Crippen LogP contribution in [0.15, 0.2) is 42.5 Å². The summed E-state index contributed by atoms with van der Waals surface area (Å²) in [5, 5.41) is 11.1. The fourth-order valence-electron chi connectivity index (χ4n) is 3.39. The highest BCUT2D eigenvalue weighted by Crippen LogP contribution is 2.21. The molecule has 146 valence electrons. The van der Waals surface area contributed by atoms with E-state index in [9.17, 15) is 19.7 Å². The van der Waals surface area contributed by atoms with Gasteiger partial charge in [-0.25, -0.2) is 0 Å². The summed E-state index contributed by atoms with van der Waals surface area (Å²) in [4.78, 5) is 38.9. The number of rotatable bonds is 5. The molecule has 0 bridgehead atoms. The van der Waals surface area contributed by atoms with Crippen LogP contribution in [0.25, 0.3) is 0 Å². The molecule has 2 aromatic rings. The molecule has 0 unspecified atom stereocenters. The lowest BCUT2D eigenvalue weighted by molar-refractivity contribution is -0.385. The molecule has 3 rings (SSSR count). The molecule has 0 aliphatic carbocycles. The predicted molar refractivity (Wildman–Crippen MR) is 105 cm³/mol. The summed E-state index contributed by atoms with van der Waals surface area (Å²) in [6, 6.07) is 12.5. The zero-order chi connectivity index (χ0) is 20.3. The van der Waals surface area contributed by atoms with Crippen molar-refractivity contribution < 1.29 is 14.5 Å². The molecular formula is C21H23N3O4. The van der Waals surface area contributed by atoms with E-state index < -0.39 is 4.92 Å². The maximum Gasteiger partial charge on any atom is 0.273 e. The Labute approximate surface area is 163 Å². The van der Waals surface area contributed by atoms with Gasteiger partial charge in [-0.05, 0) is 30.5 Å².